The first kappa shape index (κ1) is 18.2. The number of carbonyl (C=O) groups excluding carboxylic acids is 1. The second-order valence-corrected chi connectivity index (χ2v) is 8.21. The molecular formula is C17H29N3O2S. The molecule has 0 aromatic carbocycles. The lowest BCUT2D eigenvalue weighted by atomic mass is 9.84. The van der Waals surface area contributed by atoms with E-state index in [4.69, 9.17) is 4.74 Å². The van der Waals surface area contributed by atoms with Gasteiger partial charge in [-0.1, -0.05) is 12.8 Å². The summed E-state index contributed by atoms with van der Waals surface area (Å²) in [6.07, 6.45) is 4.48. The third-order valence-corrected chi connectivity index (χ3v) is 5.12. The van der Waals surface area contributed by atoms with Crippen LogP contribution in [0.2, 0.25) is 0 Å². The van der Waals surface area contributed by atoms with Gasteiger partial charge >= 0.3 is 6.09 Å². The Morgan fingerprint density at radius 3 is 2.78 bits per heavy atom. The van der Waals surface area contributed by atoms with E-state index in [-0.39, 0.29) is 6.09 Å². The molecule has 1 aromatic rings. The zero-order valence-corrected chi connectivity index (χ0v) is 15.5. The van der Waals surface area contributed by atoms with E-state index in [2.05, 4.69) is 22.5 Å². The number of aromatic nitrogens is 1. The summed E-state index contributed by atoms with van der Waals surface area (Å²) in [5, 5.41) is 6.60. The van der Waals surface area contributed by atoms with Crippen LogP contribution in [0.25, 0.3) is 0 Å². The van der Waals surface area contributed by atoms with Gasteiger partial charge in [-0.25, -0.2) is 9.78 Å². The number of alkyl carbamates (subject to hydrolysis) is 1. The Morgan fingerprint density at radius 1 is 1.39 bits per heavy atom. The minimum absolute atomic E-state index is 0.319. The van der Waals surface area contributed by atoms with E-state index in [1.54, 1.807) is 11.3 Å². The Labute approximate surface area is 143 Å². The molecular weight excluding hydrogens is 310 g/mol. The van der Waals surface area contributed by atoms with Gasteiger partial charge in [-0.05, 0) is 46.5 Å². The Hall–Kier alpha value is -1.14. The topological polar surface area (TPSA) is 63.2 Å². The predicted octanol–water partition coefficient (Wildman–Crippen LogP) is 3.62. The van der Waals surface area contributed by atoms with Gasteiger partial charge in [-0.3, -0.25) is 0 Å². The van der Waals surface area contributed by atoms with Crippen molar-refractivity contribution in [2.75, 3.05) is 6.54 Å². The smallest absolute Gasteiger partial charge is 0.407 e. The van der Waals surface area contributed by atoms with Crippen LogP contribution in [0.15, 0.2) is 5.51 Å². The fourth-order valence-electron chi connectivity index (χ4n) is 2.97. The van der Waals surface area contributed by atoms with Crippen LogP contribution in [0.3, 0.4) is 0 Å². The molecule has 0 aliphatic heterocycles. The first-order valence-electron chi connectivity index (χ1n) is 8.44. The van der Waals surface area contributed by atoms with Gasteiger partial charge in [0.25, 0.3) is 0 Å². The van der Waals surface area contributed by atoms with Crippen molar-refractivity contribution < 1.29 is 9.53 Å². The highest BCUT2D eigenvalue weighted by Crippen LogP contribution is 2.25. The van der Waals surface area contributed by atoms with Crippen molar-refractivity contribution >= 4 is 17.4 Å². The molecule has 0 saturated heterocycles. The quantitative estimate of drug-likeness (QED) is 0.860. The molecule has 2 atom stereocenters. The van der Waals surface area contributed by atoms with Crippen molar-refractivity contribution in [3.63, 3.8) is 0 Å². The van der Waals surface area contributed by atoms with Crippen LogP contribution >= 0.6 is 11.3 Å². The van der Waals surface area contributed by atoms with Crippen LogP contribution in [0.1, 0.15) is 57.0 Å². The molecule has 5 nitrogen and oxygen atoms in total. The van der Waals surface area contributed by atoms with Gasteiger partial charge in [-0.2, -0.15) is 0 Å². The summed E-state index contributed by atoms with van der Waals surface area (Å²) in [7, 11) is 0. The molecule has 1 saturated carbocycles. The summed E-state index contributed by atoms with van der Waals surface area (Å²) < 4.78 is 5.32. The van der Waals surface area contributed by atoms with Crippen molar-refractivity contribution in [2.24, 2.45) is 5.92 Å². The van der Waals surface area contributed by atoms with Gasteiger partial charge in [0.2, 0.25) is 0 Å². The summed E-state index contributed by atoms with van der Waals surface area (Å²) in [4.78, 5) is 17.4. The first-order chi connectivity index (χ1) is 10.8. The Kier molecular flexibility index (Phi) is 6.41. The maximum Gasteiger partial charge on any atom is 0.407 e. The molecule has 130 valence electrons. The summed E-state index contributed by atoms with van der Waals surface area (Å²) >= 11 is 1.70. The molecule has 6 heteroatoms. The van der Waals surface area contributed by atoms with Gasteiger partial charge in [0.15, 0.2) is 0 Å². The fraction of sp³-hybridized carbons (Fsp3) is 0.765. The van der Waals surface area contributed by atoms with Crippen LogP contribution in [-0.4, -0.2) is 29.3 Å². The number of thiazole rings is 1. The summed E-state index contributed by atoms with van der Waals surface area (Å²) in [6, 6.07) is 0.445. The Bertz CT molecular complexity index is 510. The van der Waals surface area contributed by atoms with Crippen LogP contribution in [0.4, 0.5) is 4.79 Å². The third kappa shape index (κ3) is 6.11. The van der Waals surface area contributed by atoms with E-state index in [9.17, 15) is 4.79 Å². The van der Waals surface area contributed by atoms with Crippen LogP contribution in [0.5, 0.6) is 0 Å². The minimum Gasteiger partial charge on any atom is -0.444 e. The molecule has 0 bridgehead atoms. The van der Waals surface area contributed by atoms with Gasteiger partial charge in [0.05, 0.1) is 11.2 Å². The van der Waals surface area contributed by atoms with E-state index in [0.717, 1.165) is 18.7 Å². The van der Waals surface area contributed by atoms with Crippen LogP contribution in [-0.2, 0) is 11.3 Å². The van der Waals surface area contributed by atoms with Crippen molar-refractivity contribution in [1.29, 1.82) is 0 Å². The second kappa shape index (κ2) is 8.11. The third-order valence-electron chi connectivity index (χ3n) is 4.19. The number of ether oxygens (including phenoxy) is 1. The average Bonchev–Trinajstić information content (AvgIpc) is 2.87. The minimum atomic E-state index is -0.446. The Morgan fingerprint density at radius 2 is 2.13 bits per heavy atom. The zero-order chi connectivity index (χ0) is 16.9. The first-order valence-corrected chi connectivity index (χ1v) is 9.32. The van der Waals surface area contributed by atoms with E-state index in [0.29, 0.717) is 18.5 Å². The van der Waals surface area contributed by atoms with Gasteiger partial charge in [0, 0.05) is 24.0 Å². The molecule has 2 N–H and O–H groups in total. The van der Waals surface area contributed by atoms with Gasteiger partial charge < -0.3 is 15.4 Å². The van der Waals surface area contributed by atoms with Crippen molar-refractivity contribution in [3.05, 3.63) is 16.1 Å². The molecule has 1 heterocycles. The van der Waals surface area contributed by atoms with E-state index >= 15 is 0 Å². The maximum absolute atomic E-state index is 11.8. The molecule has 0 radical (unpaired) electrons. The van der Waals surface area contributed by atoms with E-state index in [1.165, 1.54) is 24.1 Å². The van der Waals surface area contributed by atoms with Gasteiger partial charge in [-0.15, -0.1) is 11.3 Å². The molecule has 1 fully saturated rings. The highest BCUT2D eigenvalue weighted by molar-refractivity contribution is 7.09. The van der Waals surface area contributed by atoms with Crippen molar-refractivity contribution in [2.45, 2.75) is 71.6 Å². The molecule has 1 amide bonds. The number of carbonyl (C=O) groups is 1. The largest absolute Gasteiger partial charge is 0.444 e. The second-order valence-electron chi connectivity index (χ2n) is 7.28. The molecule has 23 heavy (non-hydrogen) atoms. The standard InChI is InChI=1S/C17H29N3O2S/c1-12-15(23-11-20-12)10-18-14-8-6-5-7-13(14)9-19-16(21)22-17(2,3)4/h11,13-14,18H,5-10H2,1-4H3,(H,19,21). The molecule has 2 rings (SSSR count). The fourth-order valence-corrected chi connectivity index (χ4v) is 3.70. The summed E-state index contributed by atoms with van der Waals surface area (Å²) in [6.45, 7) is 9.24. The molecule has 0 spiro atoms. The molecule has 1 aliphatic carbocycles. The summed E-state index contributed by atoms with van der Waals surface area (Å²) in [5.74, 6) is 0.462. The lowest BCUT2D eigenvalue weighted by Gasteiger charge is -2.32. The zero-order valence-electron chi connectivity index (χ0n) is 14.6. The molecule has 2 unspecified atom stereocenters. The molecule has 1 aromatic heterocycles. The van der Waals surface area contributed by atoms with E-state index in [1.807, 2.05) is 26.3 Å². The van der Waals surface area contributed by atoms with Crippen LogP contribution < -0.4 is 10.6 Å². The average molecular weight is 340 g/mol. The number of amides is 1. The number of hydrogen-bond donors (Lipinski definition) is 2. The maximum atomic E-state index is 11.8. The summed E-state index contributed by atoms with van der Waals surface area (Å²) in [5.41, 5.74) is 2.56. The number of nitrogens with one attached hydrogen (secondary N) is 2. The lowest BCUT2D eigenvalue weighted by Crippen LogP contribution is -2.44. The number of hydrogen-bond acceptors (Lipinski definition) is 5. The van der Waals surface area contributed by atoms with E-state index < -0.39 is 5.60 Å². The number of rotatable bonds is 5. The monoisotopic (exact) mass is 339 g/mol. The Balaban J connectivity index is 1.81. The molecule has 1 aliphatic rings. The highest BCUT2D eigenvalue weighted by atomic mass is 32.1. The highest BCUT2D eigenvalue weighted by Gasteiger charge is 2.26. The van der Waals surface area contributed by atoms with Crippen LogP contribution in [0, 0.1) is 12.8 Å². The van der Waals surface area contributed by atoms with Gasteiger partial charge in [0.1, 0.15) is 5.60 Å². The lowest BCUT2D eigenvalue weighted by molar-refractivity contribution is 0.0510. The van der Waals surface area contributed by atoms with Crippen molar-refractivity contribution in [3.8, 4) is 0 Å². The normalized spacial score (nSPS) is 21.9. The number of aryl methyl sites for hydroxylation is 1. The van der Waals surface area contributed by atoms with Crippen molar-refractivity contribution in [1.82, 2.24) is 15.6 Å². The predicted molar refractivity (Wildman–Crippen MR) is 93.7 cm³/mol. The SMILES string of the molecule is Cc1ncsc1CNC1CCCCC1CNC(=O)OC(C)(C)C. The number of nitrogens with zero attached hydrogens (tertiary/aromatic N) is 1.